The van der Waals surface area contributed by atoms with E-state index in [1.807, 2.05) is 29.2 Å². The van der Waals surface area contributed by atoms with Gasteiger partial charge in [0.05, 0.1) is 11.3 Å². The Bertz CT molecular complexity index is 678. The van der Waals surface area contributed by atoms with Gasteiger partial charge in [0.1, 0.15) is 11.6 Å². The lowest BCUT2D eigenvalue weighted by molar-refractivity contribution is -0.133. The van der Waals surface area contributed by atoms with Gasteiger partial charge in [-0.15, -0.1) is 0 Å². The Morgan fingerprint density at radius 2 is 2.04 bits per heavy atom. The molecule has 5 nitrogen and oxygen atoms in total. The molecule has 6 heteroatoms. The summed E-state index contributed by atoms with van der Waals surface area (Å²) in [5, 5.41) is 0.639. The predicted molar refractivity (Wildman–Crippen MR) is 87.6 cm³/mol. The number of carbonyl (C=O) groups is 1. The first-order valence-electron chi connectivity index (χ1n) is 7.91. The molecule has 0 unspecified atom stereocenters. The van der Waals surface area contributed by atoms with E-state index in [4.69, 9.17) is 16.0 Å². The van der Waals surface area contributed by atoms with Crippen LogP contribution >= 0.6 is 11.6 Å². The van der Waals surface area contributed by atoms with Crippen molar-refractivity contribution in [1.82, 2.24) is 9.88 Å². The third-order valence-electron chi connectivity index (χ3n) is 4.64. The Labute approximate surface area is 139 Å². The van der Waals surface area contributed by atoms with Crippen molar-refractivity contribution in [2.24, 2.45) is 5.92 Å². The molecule has 2 aliphatic rings. The summed E-state index contributed by atoms with van der Waals surface area (Å²) < 4.78 is 5.41. The van der Waals surface area contributed by atoms with Gasteiger partial charge in [-0.05, 0) is 30.7 Å². The van der Waals surface area contributed by atoms with Crippen LogP contribution in [0.2, 0.25) is 5.02 Å². The minimum atomic E-state index is 0.0985. The van der Waals surface area contributed by atoms with Gasteiger partial charge in [0, 0.05) is 44.2 Å². The van der Waals surface area contributed by atoms with Gasteiger partial charge in [0.2, 0.25) is 5.91 Å². The number of pyridine rings is 1. The Morgan fingerprint density at radius 3 is 2.70 bits per heavy atom. The van der Waals surface area contributed by atoms with Gasteiger partial charge in [-0.3, -0.25) is 4.79 Å². The van der Waals surface area contributed by atoms with E-state index in [2.05, 4.69) is 9.88 Å². The molecule has 0 spiro atoms. The molecule has 2 atom stereocenters. The van der Waals surface area contributed by atoms with Crippen molar-refractivity contribution in [3.63, 3.8) is 0 Å². The first kappa shape index (κ1) is 14.6. The fraction of sp³-hybridized carbons (Fsp3) is 0.412. The number of piperazine rings is 1. The quantitative estimate of drug-likeness (QED) is 0.867. The van der Waals surface area contributed by atoms with Crippen molar-refractivity contribution >= 4 is 23.3 Å². The molecule has 4 rings (SSSR count). The van der Waals surface area contributed by atoms with Crippen LogP contribution in [0.3, 0.4) is 0 Å². The van der Waals surface area contributed by atoms with E-state index in [0.29, 0.717) is 5.02 Å². The molecule has 1 amide bonds. The Hall–Kier alpha value is -2.01. The van der Waals surface area contributed by atoms with E-state index in [1.54, 1.807) is 12.5 Å². The molecule has 3 heterocycles. The fourth-order valence-corrected chi connectivity index (χ4v) is 3.34. The number of aromatic nitrogens is 1. The fourth-order valence-electron chi connectivity index (χ4n) is 3.23. The molecule has 1 aliphatic carbocycles. The van der Waals surface area contributed by atoms with Gasteiger partial charge in [-0.25, -0.2) is 4.98 Å². The van der Waals surface area contributed by atoms with Crippen molar-refractivity contribution in [3.8, 4) is 0 Å². The van der Waals surface area contributed by atoms with Crippen molar-refractivity contribution in [3.05, 3.63) is 47.5 Å². The van der Waals surface area contributed by atoms with Crippen LogP contribution in [-0.2, 0) is 4.79 Å². The smallest absolute Gasteiger partial charge is 0.226 e. The highest BCUT2D eigenvalue weighted by atomic mass is 35.5. The predicted octanol–water partition coefficient (Wildman–Crippen LogP) is 2.78. The number of nitrogens with zero attached hydrogens (tertiary/aromatic N) is 3. The number of hydrogen-bond acceptors (Lipinski definition) is 4. The minimum Gasteiger partial charge on any atom is -0.469 e. The highest BCUT2D eigenvalue weighted by Gasteiger charge is 2.47. The van der Waals surface area contributed by atoms with Crippen LogP contribution in [-0.4, -0.2) is 42.0 Å². The first-order valence-corrected chi connectivity index (χ1v) is 8.29. The average Bonchev–Trinajstić information content (AvgIpc) is 3.20. The summed E-state index contributed by atoms with van der Waals surface area (Å²) in [4.78, 5) is 21.1. The van der Waals surface area contributed by atoms with E-state index in [1.165, 1.54) is 0 Å². The summed E-state index contributed by atoms with van der Waals surface area (Å²) >= 11 is 5.87. The zero-order valence-electron chi connectivity index (χ0n) is 12.7. The first-order chi connectivity index (χ1) is 11.2. The maximum atomic E-state index is 12.6. The highest BCUT2D eigenvalue weighted by molar-refractivity contribution is 6.30. The highest BCUT2D eigenvalue weighted by Crippen LogP contribution is 2.48. The van der Waals surface area contributed by atoms with Crippen molar-refractivity contribution < 1.29 is 9.21 Å². The van der Waals surface area contributed by atoms with Crippen LogP contribution in [0.4, 0.5) is 5.82 Å². The Kier molecular flexibility index (Phi) is 3.73. The molecule has 0 radical (unpaired) electrons. The Balaban J connectivity index is 1.33. The molecule has 1 saturated heterocycles. The van der Waals surface area contributed by atoms with E-state index in [9.17, 15) is 4.79 Å². The lowest BCUT2D eigenvalue weighted by atomic mass is 10.2. The molecule has 1 saturated carbocycles. The normalized spacial score (nSPS) is 23.9. The largest absolute Gasteiger partial charge is 0.469 e. The number of furan rings is 1. The van der Waals surface area contributed by atoms with E-state index in [-0.39, 0.29) is 17.7 Å². The van der Waals surface area contributed by atoms with Crippen molar-refractivity contribution in [2.75, 3.05) is 31.1 Å². The second-order valence-corrected chi connectivity index (χ2v) is 6.55. The molecule has 0 aromatic carbocycles. The Morgan fingerprint density at radius 1 is 1.22 bits per heavy atom. The topological polar surface area (TPSA) is 49.6 Å². The summed E-state index contributed by atoms with van der Waals surface area (Å²) in [7, 11) is 0. The molecular weight excluding hydrogens is 314 g/mol. The van der Waals surface area contributed by atoms with E-state index < -0.39 is 0 Å². The number of halogens is 1. The summed E-state index contributed by atoms with van der Waals surface area (Å²) in [5.41, 5.74) is 0. The molecule has 2 fully saturated rings. The molecule has 23 heavy (non-hydrogen) atoms. The molecular formula is C17H18ClN3O2. The number of carbonyl (C=O) groups excluding carboxylic acids is 1. The number of amides is 1. The van der Waals surface area contributed by atoms with Crippen LogP contribution in [0, 0.1) is 5.92 Å². The van der Waals surface area contributed by atoms with Crippen LogP contribution < -0.4 is 4.90 Å². The second-order valence-electron chi connectivity index (χ2n) is 6.11. The van der Waals surface area contributed by atoms with Crippen molar-refractivity contribution in [1.29, 1.82) is 0 Å². The number of hydrogen-bond donors (Lipinski definition) is 0. The van der Waals surface area contributed by atoms with Crippen LogP contribution in [0.15, 0.2) is 41.1 Å². The van der Waals surface area contributed by atoms with Gasteiger partial charge in [0.25, 0.3) is 0 Å². The lowest BCUT2D eigenvalue weighted by Gasteiger charge is -2.35. The van der Waals surface area contributed by atoms with E-state index >= 15 is 0 Å². The van der Waals surface area contributed by atoms with Gasteiger partial charge in [-0.1, -0.05) is 11.6 Å². The number of rotatable bonds is 3. The third-order valence-corrected chi connectivity index (χ3v) is 4.87. The second kappa shape index (κ2) is 5.89. The molecule has 0 bridgehead atoms. The van der Waals surface area contributed by atoms with E-state index in [0.717, 1.165) is 44.2 Å². The third kappa shape index (κ3) is 2.93. The molecule has 1 aliphatic heterocycles. The minimum absolute atomic E-state index is 0.0985. The molecule has 0 N–H and O–H groups in total. The van der Waals surface area contributed by atoms with Crippen LogP contribution in [0.1, 0.15) is 18.1 Å². The summed E-state index contributed by atoms with van der Waals surface area (Å²) in [6, 6.07) is 7.61. The summed E-state index contributed by atoms with van der Waals surface area (Å²) in [5.74, 6) is 2.48. The molecule has 2 aromatic rings. The van der Waals surface area contributed by atoms with Gasteiger partial charge >= 0.3 is 0 Å². The maximum Gasteiger partial charge on any atom is 0.226 e. The van der Waals surface area contributed by atoms with Crippen LogP contribution in [0.5, 0.6) is 0 Å². The average molecular weight is 332 g/mol. The summed E-state index contributed by atoms with van der Waals surface area (Å²) in [6.45, 7) is 3.09. The zero-order chi connectivity index (χ0) is 15.8. The van der Waals surface area contributed by atoms with Crippen molar-refractivity contribution in [2.45, 2.75) is 12.3 Å². The maximum absolute atomic E-state index is 12.6. The van der Waals surface area contributed by atoms with Crippen LogP contribution in [0.25, 0.3) is 0 Å². The number of anilines is 1. The molecule has 120 valence electrons. The molecule has 2 aromatic heterocycles. The monoisotopic (exact) mass is 331 g/mol. The van der Waals surface area contributed by atoms with Gasteiger partial charge in [0.15, 0.2) is 0 Å². The van der Waals surface area contributed by atoms with Gasteiger partial charge < -0.3 is 14.2 Å². The SMILES string of the molecule is O=C([C@H]1C[C@@H]1c1ccco1)N1CCN(c2ccc(Cl)cn2)CC1. The standard InChI is InChI=1S/C17H18ClN3O2/c18-12-3-4-16(19-11-12)20-5-7-21(8-6-20)17(22)14-10-13(14)15-2-1-9-23-15/h1-4,9,11,13-14H,5-8,10H2/t13-,14-/m0/s1. The zero-order valence-corrected chi connectivity index (χ0v) is 13.4. The van der Waals surface area contributed by atoms with Gasteiger partial charge in [-0.2, -0.15) is 0 Å². The summed E-state index contributed by atoms with van der Waals surface area (Å²) in [6.07, 6.45) is 4.24. The lowest BCUT2D eigenvalue weighted by Crippen LogP contribution is -2.49.